The van der Waals surface area contributed by atoms with Gasteiger partial charge in [-0.3, -0.25) is 4.99 Å². The Kier molecular flexibility index (Phi) is 7.68. The number of nitrogens with zero attached hydrogens (tertiary/aromatic N) is 2. The molecule has 0 aromatic heterocycles. The Morgan fingerprint density at radius 1 is 1.03 bits per heavy atom. The molecule has 2 aromatic carbocycles. The minimum atomic E-state index is -0.903. The van der Waals surface area contributed by atoms with Crippen LogP contribution in [-0.4, -0.2) is 36.1 Å². The molecule has 1 atom stereocenters. The Morgan fingerprint density at radius 2 is 1.72 bits per heavy atom. The molecule has 0 spiro atoms. The summed E-state index contributed by atoms with van der Waals surface area (Å²) in [5, 5.41) is 9.42. The highest BCUT2D eigenvalue weighted by Crippen LogP contribution is 2.25. The minimum absolute atomic E-state index is 0.338. The van der Waals surface area contributed by atoms with Crippen LogP contribution in [0.1, 0.15) is 51.0 Å². The highest BCUT2D eigenvalue weighted by molar-refractivity contribution is 6.12. The van der Waals surface area contributed by atoms with Crippen LogP contribution in [0.3, 0.4) is 0 Å². The van der Waals surface area contributed by atoms with Gasteiger partial charge in [0.05, 0.1) is 13.2 Å². The predicted octanol–water partition coefficient (Wildman–Crippen LogP) is 5.15. The maximum atomic E-state index is 11.5. The highest BCUT2D eigenvalue weighted by Gasteiger charge is 2.31. The normalized spacial score (nSPS) is 16.0. The SMILES string of the molecule is CCCCCCCCOc1ccc(C2=NC(C(=O)O)CN2c2ccccc2)cc1. The molecule has 2 aromatic rings. The lowest BCUT2D eigenvalue weighted by molar-refractivity contribution is -0.138. The number of ether oxygens (including phenoxy) is 1. The number of para-hydroxylation sites is 1. The van der Waals surface area contributed by atoms with Gasteiger partial charge in [-0.15, -0.1) is 0 Å². The molecule has 5 nitrogen and oxygen atoms in total. The minimum Gasteiger partial charge on any atom is -0.494 e. The van der Waals surface area contributed by atoms with Crippen molar-refractivity contribution >= 4 is 17.5 Å². The van der Waals surface area contributed by atoms with Gasteiger partial charge in [0.2, 0.25) is 0 Å². The molecule has 3 rings (SSSR count). The van der Waals surface area contributed by atoms with Gasteiger partial charge in [-0.2, -0.15) is 0 Å². The van der Waals surface area contributed by atoms with Crippen molar-refractivity contribution in [1.29, 1.82) is 0 Å². The number of carboxylic acid groups (broad SMARTS) is 1. The van der Waals surface area contributed by atoms with Crippen LogP contribution in [0.4, 0.5) is 5.69 Å². The van der Waals surface area contributed by atoms with Gasteiger partial charge >= 0.3 is 5.97 Å². The molecule has 1 aliphatic rings. The van der Waals surface area contributed by atoms with Gasteiger partial charge in [-0.25, -0.2) is 4.79 Å². The van der Waals surface area contributed by atoms with E-state index >= 15 is 0 Å². The van der Waals surface area contributed by atoms with Crippen LogP contribution in [0.25, 0.3) is 0 Å². The number of hydrogen-bond donors (Lipinski definition) is 1. The van der Waals surface area contributed by atoms with E-state index in [4.69, 9.17) is 4.74 Å². The molecule has 0 saturated heterocycles. The third kappa shape index (κ3) is 5.83. The van der Waals surface area contributed by atoms with Crippen LogP contribution in [0, 0.1) is 0 Å². The highest BCUT2D eigenvalue weighted by atomic mass is 16.5. The van der Waals surface area contributed by atoms with E-state index in [1.807, 2.05) is 59.5 Å². The fourth-order valence-corrected chi connectivity index (χ4v) is 3.49. The summed E-state index contributed by atoms with van der Waals surface area (Å²) in [4.78, 5) is 17.9. The number of anilines is 1. The summed E-state index contributed by atoms with van der Waals surface area (Å²) in [5.41, 5.74) is 1.84. The molecule has 0 amide bonds. The van der Waals surface area contributed by atoms with Gasteiger partial charge in [0.15, 0.2) is 6.04 Å². The largest absolute Gasteiger partial charge is 0.494 e. The van der Waals surface area contributed by atoms with E-state index in [0.717, 1.165) is 30.0 Å². The van der Waals surface area contributed by atoms with Crippen molar-refractivity contribution in [2.75, 3.05) is 18.1 Å². The smallest absolute Gasteiger partial charge is 0.330 e. The van der Waals surface area contributed by atoms with Crippen molar-refractivity contribution in [2.45, 2.75) is 51.5 Å². The molecule has 5 heteroatoms. The molecule has 1 aliphatic heterocycles. The molecule has 29 heavy (non-hydrogen) atoms. The van der Waals surface area contributed by atoms with E-state index < -0.39 is 12.0 Å². The number of hydrogen-bond acceptors (Lipinski definition) is 4. The van der Waals surface area contributed by atoms with Crippen molar-refractivity contribution in [3.05, 3.63) is 60.2 Å². The lowest BCUT2D eigenvalue weighted by Gasteiger charge is -2.21. The lowest BCUT2D eigenvalue weighted by Crippen LogP contribution is -2.31. The lowest BCUT2D eigenvalue weighted by atomic mass is 10.1. The Balaban J connectivity index is 1.61. The average Bonchev–Trinajstić information content (AvgIpc) is 3.20. The van der Waals surface area contributed by atoms with Crippen LogP contribution in [-0.2, 0) is 4.79 Å². The zero-order valence-corrected chi connectivity index (χ0v) is 17.1. The summed E-state index contributed by atoms with van der Waals surface area (Å²) in [6, 6.07) is 16.8. The van der Waals surface area contributed by atoms with Crippen LogP contribution in [0.15, 0.2) is 59.6 Å². The third-order valence-electron chi connectivity index (χ3n) is 5.12. The molecule has 154 valence electrons. The molecule has 1 unspecified atom stereocenters. The van der Waals surface area contributed by atoms with Crippen molar-refractivity contribution in [3.8, 4) is 5.75 Å². The molecule has 0 saturated carbocycles. The van der Waals surface area contributed by atoms with E-state index in [-0.39, 0.29) is 0 Å². The van der Waals surface area contributed by atoms with E-state index in [2.05, 4.69) is 11.9 Å². The average molecular weight is 395 g/mol. The second-order valence-corrected chi connectivity index (χ2v) is 7.39. The molecule has 1 heterocycles. The zero-order valence-electron chi connectivity index (χ0n) is 17.1. The second kappa shape index (κ2) is 10.6. The molecule has 0 fully saturated rings. The van der Waals surface area contributed by atoms with Crippen LogP contribution < -0.4 is 9.64 Å². The van der Waals surface area contributed by atoms with Gasteiger partial charge in [0.1, 0.15) is 11.6 Å². The van der Waals surface area contributed by atoms with Gasteiger partial charge in [-0.1, -0.05) is 57.2 Å². The predicted molar refractivity (Wildman–Crippen MR) is 117 cm³/mol. The first-order valence-electron chi connectivity index (χ1n) is 10.6. The van der Waals surface area contributed by atoms with Crippen LogP contribution >= 0.6 is 0 Å². The quantitative estimate of drug-likeness (QED) is 0.536. The standard InChI is InChI=1S/C24H30N2O3/c1-2-3-4-5-6-10-17-29-21-15-13-19(14-16-21)23-25-22(24(27)28)18-26(23)20-11-8-7-9-12-20/h7-9,11-16,22H,2-6,10,17-18H2,1H3,(H,27,28). The first kappa shape index (κ1) is 20.9. The molecular weight excluding hydrogens is 364 g/mol. The van der Waals surface area contributed by atoms with E-state index in [1.165, 1.54) is 32.1 Å². The Hall–Kier alpha value is -2.82. The molecular formula is C24H30N2O3. The third-order valence-corrected chi connectivity index (χ3v) is 5.12. The van der Waals surface area contributed by atoms with Crippen LogP contribution in [0.2, 0.25) is 0 Å². The van der Waals surface area contributed by atoms with Crippen molar-refractivity contribution in [2.24, 2.45) is 4.99 Å². The van der Waals surface area contributed by atoms with Gasteiger partial charge < -0.3 is 14.7 Å². The number of unbranched alkanes of at least 4 members (excludes halogenated alkanes) is 5. The number of aliphatic carboxylic acids is 1. The molecule has 0 bridgehead atoms. The summed E-state index contributed by atoms with van der Waals surface area (Å²) in [7, 11) is 0. The van der Waals surface area contributed by atoms with E-state index in [9.17, 15) is 9.90 Å². The summed E-state index contributed by atoms with van der Waals surface area (Å²) in [6.45, 7) is 3.29. The number of benzene rings is 2. The van der Waals surface area contributed by atoms with Crippen molar-refractivity contribution in [1.82, 2.24) is 0 Å². The molecule has 0 radical (unpaired) electrons. The topological polar surface area (TPSA) is 62.1 Å². The molecule has 1 N–H and O–H groups in total. The number of carboxylic acids is 1. The van der Waals surface area contributed by atoms with Crippen molar-refractivity contribution in [3.63, 3.8) is 0 Å². The van der Waals surface area contributed by atoms with E-state index in [0.29, 0.717) is 12.4 Å². The Morgan fingerprint density at radius 3 is 2.41 bits per heavy atom. The Bertz CT molecular complexity index is 803. The summed E-state index contributed by atoms with van der Waals surface area (Å²) in [5.74, 6) is 0.618. The maximum absolute atomic E-state index is 11.5. The monoisotopic (exact) mass is 394 g/mol. The number of carbonyl (C=O) groups is 1. The first-order valence-corrected chi connectivity index (χ1v) is 10.6. The molecule has 0 aliphatic carbocycles. The van der Waals surface area contributed by atoms with Crippen molar-refractivity contribution < 1.29 is 14.6 Å². The second-order valence-electron chi connectivity index (χ2n) is 7.39. The fraction of sp³-hybridized carbons (Fsp3) is 0.417. The summed E-state index contributed by atoms with van der Waals surface area (Å²) < 4.78 is 5.85. The fourth-order valence-electron chi connectivity index (χ4n) is 3.49. The zero-order chi connectivity index (χ0) is 20.5. The van der Waals surface area contributed by atoms with E-state index in [1.54, 1.807) is 0 Å². The van der Waals surface area contributed by atoms with Gasteiger partial charge in [-0.05, 0) is 42.8 Å². The summed E-state index contributed by atoms with van der Waals surface area (Å²) in [6.07, 6.45) is 7.44. The number of aliphatic imine (C=N–C) groups is 1. The van der Waals surface area contributed by atoms with Gasteiger partial charge in [0.25, 0.3) is 0 Å². The van der Waals surface area contributed by atoms with Crippen LogP contribution in [0.5, 0.6) is 5.75 Å². The number of rotatable bonds is 11. The Labute approximate surface area is 173 Å². The number of amidine groups is 1. The maximum Gasteiger partial charge on any atom is 0.330 e. The van der Waals surface area contributed by atoms with Gasteiger partial charge in [0, 0.05) is 11.3 Å². The summed E-state index contributed by atoms with van der Waals surface area (Å²) >= 11 is 0. The first-order chi connectivity index (χ1) is 14.2.